The molecule has 2 amide bonds. The molecule has 11 heteroatoms. The van der Waals surface area contributed by atoms with Gasteiger partial charge in [0, 0.05) is 6.54 Å². The third kappa shape index (κ3) is 9.08. The van der Waals surface area contributed by atoms with Crippen molar-refractivity contribution in [3.63, 3.8) is 0 Å². The van der Waals surface area contributed by atoms with Crippen LogP contribution < -0.4 is 10.6 Å². The van der Waals surface area contributed by atoms with E-state index in [2.05, 4.69) is 36.3 Å². The minimum atomic E-state index is -4.57. The number of carbonyl (C=O) groups excluding carboxylic acids is 2. The second-order valence-electron chi connectivity index (χ2n) is 6.36. The van der Waals surface area contributed by atoms with Gasteiger partial charge in [0.05, 0.1) is 16.6 Å². The molecule has 0 aliphatic rings. The van der Waals surface area contributed by atoms with Gasteiger partial charge in [0.25, 0.3) is 16.0 Å². The lowest BCUT2D eigenvalue weighted by molar-refractivity contribution is -0.125. The quantitative estimate of drug-likeness (QED) is 0.345. The van der Waals surface area contributed by atoms with E-state index in [1.807, 2.05) is 0 Å². The maximum atomic E-state index is 12.1. The molecule has 0 radical (unpaired) electrons. The van der Waals surface area contributed by atoms with Crippen molar-refractivity contribution in [3.8, 4) is 5.75 Å². The average molecular weight is 448 g/mol. The molecule has 5 N–H and O–H groups in total. The highest BCUT2D eigenvalue weighted by atomic mass is 32.2. The van der Waals surface area contributed by atoms with Gasteiger partial charge in [-0.25, -0.2) is 0 Å². The Morgan fingerprint density at radius 2 is 1.63 bits per heavy atom. The molecule has 0 aliphatic carbocycles. The highest BCUT2D eigenvalue weighted by Gasteiger charge is 2.27. The number of aliphatic hydroxyl groups is 1. The van der Waals surface area contributed by atoms with E-state index < -0.39 is 50.3 Å². The van der Waals surface area contributed by atoms with Gasteiger partial charge in [0.2, 0.25) is 5.91 Å². The molecule has 0 aromatic heterocycles. The third-order valence-electron chi connectivity index (χ3n) is 4.25. The zero-order valence-electron chi connectivity index (χ0n) is 18.0. The molecule has 2 atom stereocenters. The van der Waals surface area contributed by atoms with Crippen molar-refractivity contribution in [2.75, 3.05) is 26.2 Å². The van der Waals surface area contributed by atoms with E-state index in [0.717, 1.165) is 18.2 Å². The van der Waals surface area contributed by atoms with Gasteiger partial charge in [0.1, 0.15) is 11.8 Å². The fourth-order valence-corrected chi connectivity index (χ4v) is 2.94. The van der Waals surface area contributed by atoms with Crippen LogP contribution in [0.4, 0.5) is 0 Å². The van der Waals surface area contributed by atoms with Crippen molar-refractivity contribution >= 4 is 21.9 Å². The van der Waals surface area contributed by atoms with Crippen molar-refractivity contribution in [1.82, 2.24) is 15.5 Å². The fourth-order valence-electron chi connectivity index (χ4n) is 2.44. The van der Waals surface area contributed by atoms with E-state index >= 15 is 0 Å². The third-order valence-corrected chi connectivity index (χ3v) is 5.10. The number of nitrogens with one attached hydrogen (secondary N) is 2. The molecule has 1 aromatic carbocycles. The van der Waals surface area contributed by atoms with Crippen LogP contribution in [0.1, 0.15) is 45.0 Å². The molecule has 0 fully saturated rings. The number of hydrogen-bond acceptors (Lipinski definition) is 7. The van der Waals surface area contributed by atoms with Gasteiger partial charge in [-0.15, -0.1) is 0 Å². The maximum absolute atomic E-state index is 12.1. The standard InChI is InChI=1S/C13H18N2O7S.C6H15N/c1-3-14-13(19)11(7(2)16)15-12(18)9-6-8(23(20,21)22)4-5-10(9)17;1-4-7(5-2)6-3/h4-7,11,16-17H,3H2,1-2H3,(H,14,19)(H,15,18)(H,20,21,22);4-6H2,1-3H3/t7-,11+;/m1./s1. The van der Waals surface area contributed by atoms with Crippen LogP contribution in [0.25, 0.3) is 0 Å². The summed E-state index contributed by atoms with van der Waals surface area (Å²) in [4.78, 5) is 25.7. The largest absolute Gasteiger partial charge is 0.507 e. The lowest BCUT2D eigenvalue weighted by atomic mass is 10.1. The van der Waals surface area contributed by atoms with Crippen molar-refractivity contribution in [3.05, 3.63) is 23.8 Å². The van der Waals surface area contributed by atoms with Gasteiger partial charge in [-0.1, -0.05) is 20.8 Å². The van der Waals surface area contributed by atoms with Crippen molar-refractivity contribution in [2.24, 2.45) is 0 Å². The predicted molar refractivity (Wildman–Crippen MR) is 113 cm³/mol. The summed E-state index contributed by atoms with van der Waals surface area (Å²) in [5.74, 6) is -2.17. The molecule has 10 nitrogen and oxygen atoms in total. The van der Waals surface area contributed by atoms with Gasteiger partial charge in [-0.2, -0.15) is 8.42 Å². The fraction of sp³-hybridized carbons (Fsp3) is 0.579. The summed E-state index contributed by atoms with van der Waals surface area (Å²) in [6, 6.07) is 1.30. The number of aliphatic hydroxyl groups excluding tert-OH is 1. The molecule has 0 saturated heterocycles. The SMILES string of the molecule is CCN(CC)CC.CCNC(=O)[C@@H](NC(=O)c1cc(S(=O)(=O)O)ccc1O)[C@@H](C)O. The van der Waals surface area contributed by atoms with E-state index in [1.165, 1.54) is 26.6 Å². The zero-order valence-corrected chi connectivity index (χ0v) is 18.9. The van der Waals surface area contributed by atoms with Crippen molar-refractivity contribution in [2.45, 2.75) is 51.7 Å². The molecule has 0 saturated carbocycles. The Morgan fingerprint density at radius 3 is 2.00 bits per heavy atom. The Kier molecular flexibility index (Phi) is 12.2. The van der Waals surface area contributed by atoms with E-state index in [-0.39, 0.29) is 6.54 Å². The van der Waals surface area contributed by atoms with Crippen LogP contribution in [0.5, 0.6) is 5.75 Å². The molecule has 0 unspecified atom stereocenters. The second-order valence-corrected chi connectivity index (χ2v) is 7.78. The molecule has 1 rings (SSSR count). The number of hydrogen-bond donors (Lipinski definition) is 5. The minimum Gasteiger partial charge on any atom is -0.507 e. The Bertz CT molecular complexity index is 788. The van der Waals surface area contributed by atoms with E-state index in [9.17, 15) is 28.2 Å². The summed E-state index contributed by atoms with van der Waals surface area (Å²) in [5, 5.41) is 23.9. The Balaban J connectivity index is 0.00000103. The molecular formula is C19H33N3O7S. The normalized spacial score (nSPS) is 13.1. The lowest BCUT2D eigenvalue weighted by Gasteiger charge is -2.20. The van der Waals surface area contributed by atoms with E-state index in [0.29, 0.717) is 0 Å². The van der Waals surface area contributed by atoms with Gasteiger partial charge in [-0.05, 0) is 51.7 Å². The van der Waals surface area contributed by atoms with Crippen LogP contribution in [0, 0.1) is 0 Å². The lowest BCUT2D eigenvalue weighted by Crippen LogP contribution is -2.52. The monoisotopic (exact) mass is 447 g/mol. The topological polar surface area (TPSA) is 156 Å². The van der Waals surface area contributed by atoms with Gasteiger partial charge < -0.3 is 25.7 Å². The Labute approximate surface area is 178 Å². The first kappa shape index (κ1) is 27.8. The number of phenolic OH excluding ortho intramolecular Hbond substituents is 1. The number of amides is 2. The summed E-state index contributed by atoms with van der Waals surface area (Å²) in [7, 11) is -4.57. The number of likely N-dealkylation sites (N-methyl/N-ethyl adjacent to an activating group) is 1. The van der Waals surface area contributed by atoms with Gasteiger partial charge >= 0.3 is 0 Å². The predicted octanol–water partition coefficient (Wildman–Crippen LogP) is 0.602. The van der Waals surface area contributed by atoms with Crippen molar-refractivity contribution in [1.29, 1.82) is 0 Å². The second kappa shape index (κ2) is 13.2. The van der Waals surface area contributed by atoms with Crippen LogP contribution in [0.3, 0.4) is 0 Å². The highest BCUT2D eigenvalue weighted by Crippen LogP contribution is 2.21. The number of benzene rings is 1. The smallest absolute Gasteiger partial charge is 0.294 e. The van der Waals surface area contributed by atoms with E-state index in [4.69, 9.17) is 4.55 Å². The zero-order chi connectivity index (χ0) is 23.5. The Morgan fingerprint density at radius 1 is 1.10 bits per heavy atom. The van der Waals surface area contributed by atoms with Gasteiger partial charge in [-0.3, -0.25) is 14.1 Å². The molecule has 0 spiro atoms. The van der Waals surface area contributed by atoms with Crippen LogP contribution in [-0.4, -0.2) is 78.2 Å². The first-order valence-electron chi connectivity index (χ1n) is 9.72. The molecule has 172 valence electrons. The molecule has 30 heavy (non-hydrogen) atoms. The summed E-state index contributed by atoms with van der Waals surface area (Å²) < 4.78 is 31.1. The number of phenols is 1. The van der Waals surface area contributed by atoms with Gasteiger partial charge in [0.15, 0.2) is 0 Å². The summed E-state index contributed by atoms with van der Waals surface area (Å²) >= 11 is 0. The molecular weight excluding hydrogens is 414 g/mol. The average Bonchev–Trinajstić information content (AvgIpc) is 2.67. The van der Waals surface area contributed by atoms with Crippen LogP contribution in [0.15, 0.2) is 23.1 Å². The Hall–Kier alpha value is -2.21. The van der Waals surface area contributed by atoms with Crippen LogP contribution in [-0.2, 0) is 14.9 Å². The number of nitrogens with zero attached hydrogens (tertiary/aromatic N) is 1. The molecule has 0 heterocycles. The summed E-state index contributed by atoms with van der Waals surface area (Å²) in [6.45, 7) is 13.3. The van der Waals surface area contributed by atoms with Crippen LogP contribution in [0.2, 0.25) is 0 Å². The molecule has 1 aromatic rings. The highest BCUT2D eigenvalue weighted by molar-refractivity contribution is 7.85. The van der Waals surface area contributed by atoms with Crippen molar-refractivity contribution < 1.29 is 32.8 Å². The first-order valence-corrected chi connectivity index (χ1v) is 11.2. The molecule has 0 bridgehead atoms. The number of aromatic hydroxyl groups is 1. The first-order chi connectivity index (χ1) is 13.9. The number of rotatable bonds is 9. The minimum absolute atomic E-state index is 0.279. The summed E-state index contributed by atoms with van der Waals surface area (Å²) in [5.41, 5.74) is -0.463. The van der Waals surface area contributed by atoms with E-state index in [1.54, 1.807) is 6.92 Å². The molecule has 0 aliphatic heterocycles. The van der Waals surface area contributed by atoms with Crippen LogP contribution >= 0.6 is 0 Å². The summed E-state index contributed by atoms with van der Waals surface area (Å²) in [6.07, 6.45) is -1.22. The number of carbonyl (C=O) groups is 2. The maximum Gasteiger partial charge on any atom is 0.294 e.